The summed E-state index contributed by atoms with van der Waals surface area (Å²) in [7, 11) is 0. The van der Waals surface area contributed by atoms with Crippen molar-refractivity contribution < 1.29 is 0 Å². The summed E-state index contributed by atoms with van der Waals surface area (Å²) in [5, 5.41) is 7.78. The SMILES string of the molecule is CSCC(C)CNC(C)Cn1cc(Br)cn1. The molecule has 0 aromatic carbocycles. The third-order valence-electron chi connectivity index (χ3n) is 2.33. The number of nitrogens with one attached hydrogen (secondary N) is 1. The Balaban J connectivity index is 2.23. The Morgan fingerprint density at radius 1 is 1.56 bits per heavy atom. The fourth-order valence-electron chi connectivity index (χ4n) is 1.53. The monoisotopic (exact) mass is 305 g/mol. The largest absolute Gasteiger partial charge is 0.312 e. The predicted molar refractivity (Wildman–Crippen MR) is 74.9 cm³/mol. The zero-order valence-electron chi connectivity index (χ0n) is 10.1. The molecule has 0 saturated carbocycles. The van der Waals surface area contributed by atoms with Gasteiger partial charge in [-0.15, -0.1) is 0 Å². The highest BCUT2D eigenvalue weighted by atomic mass is 79.9. The number of nitrogens with zero attached hydrogens (tertiary/aromatic N) is 2. The topological polar surface area (TPSA) is 29.9 Å². The average molecular weight is 306 g/mol. The van der Waals surface area contributed by atoms with Crippen LogP contribution in [0.25, 0.3) is 0 Å². The molecule has 0 aliphatic rings. The van der Waals surface area contributed by atoms with Crippen LogP contribution in [0.5, 0.6) is 0 Å². The lowest BCUT2D eigenvalue weighted by molar-refractivity contribution is 0.425. The van der Waals surface area contributed by atoms with Crippen LogP contribution in [0.15, 0.2) is 16.9 Å². The summed E-state index contributed by atoms with van der Waals surface area (Å²) in [6, 6.07) is 0.455. The third-order valence-corrected chi connectivity index (χ3v) is 3.64. The van der Waals surface area contributed by atoms with Crippen LogP contribution in [-0.2, 0) is 6.54 Å². The Morgan fingerprint density at radius 3 is 2.88 bits per heavy atom. The van der Waals surface area contributed by atoms with Crippen LogP contribution in [-0.4, -0.2) is 34.4 Å². The molecule has 0 aliphatic carbocycles. The number of hydrogen-bond donors (Lipinski definition) is 1. The molecule has 0 radical (unpaired) electrons. The quantitative estimate of drug-likeness (QED) is 0.840. The smallest absolute Gasteiger partial charge is 0.0632 e. The summed E-state index contributed by atoms with van der Waals surface area (Å²) in [6.45, 7) is 6.46. The van der Waals surface area contributed by atoms with E-state index < -0.39 is 0 Å². The molecule has 0 bridgehead atoms. The summed E-state index contributed by atoms with van der Waals surface area (Å²) >= 11 is 5.30. The lowest BCUT2D eigenvalue weighted by Gasteiger charge is -2.17. The summed E-state index contributed by atoms with van der Waals surface area (Å²) in [5.41, 5.74) is 0. The van der Waals surface area contributed by atoms with Crippen LogP contribution in [0.3, 0.4) is 0 Å². The Hall–Kier alpha value is -0.0000000000000000555. The molecule has 0 saturated heterocycles. The second-order valence-corrected chi connectivity index (χ2v) is 6.08. The van der Waals surface area contributed by atoms with Crippen molar-refractivity contribution in [2.45, 2.75) is 26.4 Å². The van der Waals surface area contributed by atoms with Gasteiger partial charge in [-0.05, 0) is 47.3 Å². The highest BCUT2D eigenvalue weighted by Gasteiger charge is 2.06. The average Bonchev–Trinajstić information content (AvgIpc) is 2.61. The summed E-state index contributed by atoms with van der Waals surface area (Å²) in [6.07, 6.45) is 5.98. The van der Waals surface area contributed by atoms with Crippen molar-refractivity contribution in [3.63, 3.8) is 0 Å². The van der Waals surface area contributed by atoms with Crippen molar-refractivity contribution in [1.29, 1.82) is 0 Å². The molecule has 1 rings (SSSR count). The van der Waals surface area contributed by atoms with E-state index in [0.717, 1.165) is 23.5 Å². The first kappa shape index (κ1) is 14.1. The lowest BCUT2D eigenvalue weighted by Crippen LogP contribution is -2.34. The van der Waals surface area contributed by atoms with Crippen LogP contribution in [0.1, 0.15) is 13.8 Å². The third kappa shape index (κ3) is 5.37. The molecular weight excluding hydrogens is 286 g/mol. The maximum Gasteiger partial charge on any atom is 0.0632 e. The molecule has 5 heteroatoms. The summed E-state index contributed by atoms with van der Waals surface area (Å²) in [5.74, 6) is 1.94. The molecule has 2 unspecified atom stereocenters. The number of thioether (sulfide) groups is 1. The van der Waals surface area contributed by atoms with E-state index >= 15 is 0 Å². The Morgan fingerprint density at radius 2 is 2.31 bits per heavy atom. The minimum absolute atomic E-state index is 0.455. The zero-order chi connectivity index (χ0) is 12.0. The Bertz CT molecular complexity index is 303. The first-order valence-electron chi connectivity index (χ1n) is 5.52. The molecule has 1 N–H and O–H groups in total. The zero-order valence-corrected chi connectivity index (χ0v) is 12.5. The predicted octanol–water partition coefficient (Wildman–Crippen LogP) is 2.62. The molecule has 3 nitrogen and oxygen atoms in total. The van der Waals surface area contributed by atoms with Crippen LogP contribution >= 0.6 is 27.7 Å². The number of rotatable bonds is 7. The minimum Gasteiger partial charge on any atom is -0.312 e. The normalized spacial score (nSPS) is 15.0. The summed E-state index contributed by atoms with van der Waals surface area (Å²) in [4.78, 5) is 0. The molecule has 0 spiro atoms. The van der Waals surface area contributed by atoms with Gasteiger partial charge in [0.25, 0.3) is 0 Å². The van der Waals surface area contributed by atoms with Crippen LogP contribution in [0.2, 0.25) is 0 Å². The van der Waals surface area contributed by atoms with E-state index in [1.54, 1.807) is 0 Å². The van der Waals surface area contributed by atoms with Crippen molar-refractivity contribution >= 4 is 27.7 Å². The number of halogens is 1. The van der Waals surface area contributed by atoms with Crippen LogP contribution in [0, 0.1) is 5.92 Å². The van der Waals surface area contributed by atoms with Gasteiger partial charge in [-0.1, -0.05) is 6.92 Å². The van der Waals surface area contributed by atoms with Crippen LogP contribution in [0.4, 0.5) is 0 Å². The van der Waals surface area contributed by atoms with Gasteiger partial charge in [0.05, 0.1) is 17.2 Å². The molecular formula is C11H20BrN3S. The van der Waals surface area contributed by atoms with Gasteiger partial charge in [0.1, 0.15) is 0 Å². The van der Waals surface area contributed by atoms with Crippen molar-refractivity contribution in [2.75, 3.05) is 18.6 Å². The van der Waals surface area contributed by atoms with E-state index in [1.807, 2.05) is 28.8 Å². The van der Waals surface area contributed by atoms with Gasteiger partial charge >= 0.3 is 0 Å². The Labute approximate surface area is 110 Å². The molecule has 0 fully saturated rings. The Kier molecular flexibility index (Phi) is 6.46. The molecule has 1 aromatic rings. The molecule has 1 aromatic heterocycles. The van der Waals surface area contributed by atoms with Gasteiger partial charge in [-0.25, -0.2) is 0 Å². The van der Waals surface area contributed by atoms with Gasteiger partial charge in [0.15, 0.2) is 0 Å². The fourth-order valence-corrected chi connectivity index (χ4v) is 2.54. The molecule has 0 aliphatic heterocycles. The fraction of sp³-hybridized carbons (Fsp3) is 0.727. The van der Waals surface area contributed by atoms with Gasteiger partial charge in [-0.2, -0.15) is 16.9 Å². The number of aromatic nitrogens is 2. The lowest BCUT2D eigenvalue weighted by atomic mass is 10.2. The van der Waals surface area contributed by atoms with Gasteiger partial charge in [0, 0.05) is 12.2 Å². The first-order chi connectivity index (χ1) is 7.61. The van der Waals surface area contributed by atoms with Crippen molar-refractivity contribution in [3.05, 3.63) is 16.9 Å². The molecule has 0 amide bonds. The molecule has 1 heterocycles. The molecule has 16 heavy (non-hydrogen) atoms. The van der Waals surface area contributed by atoms with Crippen molar-refractivity contribution in [2.24, 2.45) is 5.92 Å². The summed E-state index contributed by atoms with van der Waals surface area (Å²) < 4.78 is 3.00. The van der Waals surface area contributed by atoms with Gasteiger partial charge in [-0.3, -0.25) is 4.68 Å². The van der Waals surface area contributed by atoms with E-state index in [9.17, 15) is 0 Å². The van der Waals surface area contributed by atoms with E-state index in [4.69, 9.17) is 0 Å². The first-order valence-corrected chi connectivity index (χ1v) is 7.70. The number of hydrogen-bond acceptors (Lipinski definition) is 3. The van der Waals surface area contributed by atoms with E-state index in [0.29, 0.717) is 6.04 Å². The van der Waals surface area contributed by atoms with Crippen molar-refractivity contribution in [1.82, 2.24) is 15.1 Å². The van der Waals surface area contributed by atoms with E-state index in [1.165, 1.54) is 5.75 Å². The van der Waals surface area contributed by atoms with Gasteiger partial charge < -0.3 is 5.32 Å². The van der Waals surface area contributed by atoms with Gasteiger partial charge in [0.2, 0.25) is 0 Å². The highest BCUT2D eigenvalue weighted by Crippen LogP contribution is 2.07. The maximum absolute atomic E-state index is 4.24. The molecule has 92 valence electrons. The second kappa shape index (κ2) is 7.35. The maximum atomic E-state index is 4.24. The highest BCUT2D eigenvalue weighted by molar-refractivity contribution is 9.10. The standard InChI is InChI=1S/C11H20BrN3S/c1-9(8-16-3)4-13-10(2)6-15-7-11(12)5-14-15/h5,7,9-10,13H,4,6,8H2,1-3H3. The second-order valence-electron chi connectivity index (χ2n) is 4.25. The minimum atomic E-state index is 0.455. The molecule has 2 atom stereocenters. The van der Waals surface area contributed by atoms with E-state index in [-0.39, 0.29) is 0 Å². The van der Waals surface area contributed by atoms with Crippen molar-refractivity contribution in [3.8, 4) is 0 Å². The van der Waals surface area contributed by atoms with Crippen LogP contribution < -0.4 is 5.32 Å². The van der Waals surface area contributed by atoms with E-state index in [2.05, 4.69) is 46.4 Å².